The lowest BCUT2D eigenvalue weighted by Gasteiger charge is -2.16. The molecule has 1 unspecified atom stereocenters. The summed E-state index contributed by atoms with van der Waals surface area (Å²) < 4.78 is 0. The van der Waals surface area contributed by atoms with Crippen molar-refractivity contribution in [3.63, 3.8) is 0 Å². The number of hydrogen-bond acceptors (Lipinski definition) is 5. The molecule has 1 saturated carbocycles. The monoisotopic (exact) mass is 316 g/mol. The first-order valence-electron chi connectivity index (χ1n) is 7.45. The summed E-state index contributed by atoms with van der Waals surface area (Å²) in [6.07, 6.45) is 2.38. The van der Waals surface area contributed by atoms with Gasteiger partial charge in [-0.25, -0.2) is 9.97 Å². The molecule has 0 spiro atoms. The molecule has 0 saturated heterocycles. The number of carbonyl (C=O) groups excluding carboxylic acids is 1. The fourth-order valence-electron chi connectivity index (χ4n) is 2.21. The average molecular weight is 316 g/mol. The highest BCUT2D eigenvalue weighted by Crippen LogP contribution is 2.30. The van der Waals surface area contributed by atoms with Crippen molar-refractivity contribution in [2.75, 3.05) is 19.4 Å². The van der Waals surface area contributed by atoms with E-state index in [9.17, 15) is 4.79 Å². The van der Waals surface area contributed by atoms with E-state index in [-0.39, 0.29) is 11.2 Å². The SMILES string of the molecule is CC(Sc1nc(NC2CC2)c2ccccc2n1)C(=O)N(C)C. The molecule has 6 heteroatoms. The summed E-state index contributed by atoms with van der Waals surface area (Å²) in [6.45, 7) is 1.89. The van der Waals surface area contributed by atoms with Crippen LogP contribution in [-0.2, 0) is 4.79 Å². The maximum Gasteiger partial charge on any atom is 0.235 e. The Morgan fingerprint density at radius 3 is 2.73 bits per heavy atom. The highest BCUT2D eigenvalue weighted by molar-refractivity contribution is 8.00. The van der Waals surface area contributed by atoms with Crippen LogP contribution in [-0.4, -0.2) is 46.2 Å². The Morgan fingerprint density at radius 2 is 2.05 bits per heavy atom. The first-order valence-corrected chi connectivity index (χ1v) is 8.33. The van der Waals surface area contributed by atoms with Crippen LogP contribution in [0.1, 0.15) is 19.8 Å². The molecule has 116 valence electrons. The van der Waals surface area contributed by atoms with Gasteiger partial charge in [-0.05, 0) is 31.9 Å². The van der Waals surface area contributed by atoms with Crippen molar-refractivity contribution in [3.05, 3.63) is 24.3 Å². The lowest BCUT2D eigenvalue weighted by molar-refractivity contribution is -0.127. The Kier molecular flexibility index (Phi) is 4.20. The lowest BCUT2D eigenvalue weighted by Crippen LogP contribution is -2.29. The number of nitrogens with zero attached hydrogens (tertiary/aromatic N) is 3. The normalized spacial score (nSPS) is 15.6. The maximum absolute atomic E-state index is 12.0. The second kappa shape index (κ2) is 6.12. The Morgan fingerprint density at radius 1 is 1.32 bits per heavy atom. The number of rotatable bonds is 5. The van der Waals surface area contributed by atoms with Gasteiger partial charge in [-0.1, -0.05) is 23.9 Å². The van der Waals surface area contributed by atoms with Gasteiger partial charge in [0.05, 0.1) is 10.8 Å². The van der Waals surface area contributed by atoms with Gasteiger partial charge in [0.15, 0.2) is 5.16 Å². The molecular weight excluding hydrogens is 296 g/mol. The Labute approximate surface area is 134 Å². The number of hydrogen-bond donors (Lipinski definition) is 1. The van der Waals surface area contributed by atoms with Crippen LogP contribution in [0.4, 0.5) is 5.82 Å². The summed E-state index contributed by atoms with van der Waals surface area (Å²) >= 11 is 1.40. The van der Waals surface area contributed by atoms with Crippen LogP contribution in [0, 0.1) is 0 Å². The summed E-state index contributed by atoms with van der Waals surface area (Å²) in [7, 11) is 3.53. The van der Waals surface area contributed by atoms with E-state index >= 15 is 0 Å². The van der Waals surface area contributed by atoms with Crippen molar-refractivity contribution in [3.8, 4) is 0 Å². The van der Waals surface area contributed by atoms with Gasteiger partial charge in [0, 0.05) is 25.5 Å². The Hall–Kier alpha value is -1.82. The van der Waals surface area contributed by atoms with Crippen molar-refractivity contribution in [2.24, 2.45) is 0 Å². The molecule has 2 aromatic rings. The molecule has 1 atom stereocenters. The molecule has 1 aliphatic carbocycles. The van der Waals surface area contributed by atoms with Crippen LogP contribution in [0.15, 0.2) is 29.4 Å². The predicted octanol–water partition coefficient (Wildman–Crippen LogP) is 2.77. The van der Waals surface area contributed by atoms with Crippen LogP contribution < -0.4 is 5.32 Å². The van der Waals surface area contributed by atoms with Gasteiger partial charge in [0.2, 0.25) is 5.91 Å². The van der Waals surface area contributed by atoms with Gasteiger partial charge in [-0.3, -0.25) is 4.79 Å². The molecule has 1 N–H and O–H groups in total. The van der Waals surface area contributed by atoms with Crippen LogP contribution >= 0.6 is 11.8 Å². The maximum atomic E-state index is 12.0. The van der Waals surface area contributed by atoms with E-state index in [0.29, 0.717) is 11.2 Å². The van der Waals surface area contributed by atoms with Gasteiger partial charge >= 0.3 is 0 Å². The van der Waals surface area contributed by atoms with E-state index in [1.807, 2.05) is 31.2 Å². The zero-order valence-corrected chi connectivity index (χ0v) is 13.9. The van der Waals surface area contributed by atoms with Crippen molar-refractivity contribution in [2.45, 2.75) is 36.2 Å². The van der Waals surface area contributed by atoms with Crippen molar-refractivity contribution < 1.29 is 4.79 Å². The number of benzene rings is 1. The van der Waals surface area contributed by atoms with E-state index in [2.05, 4.69) is 15.3 Å². The number of para-hydroxylation sites is 1. The number of anilines is 1. The minimum Gasteiger partial charge on any atom is -0.367 e. The second-order valence-corrected chi connectivity index (χ2v) is 7.09. The Balaban J connectivity index is 1.90. The minimum atomic E-state index is -0.204. The summed E-state index contributed by atoms with van der Waals surface area (Å²) in [4.78, 5) is 22.8. The van der Waals surface area contributed by atoms with Crippen molar-refractivity contribution in [1.82, 2.24) is 14.9 Å². The number of aromatic nitrogens is 2. The van der Waals surface area contributed by atoms with Gasteiger partial charge in [0.1, 0.15) is 5.82 Å². The van der Waals surface area contributed by atoms with Gasteiger partial charge < -0.3 is 10.2 Å². The average Bonchev–Trinajstić information content (AvgIpc) is 3.30. The van der Waals surface area contributed by atoms with E-state index in [1.54, 1.807) is 19.0 Å². The molecule has 1 aromatic heterocycles. The largest absolute Gasteiger partial charge is 0.367 e. The first-order chi connectivity index (χ1) is 10.5. The molecule has 0 aliphatic heterocycles. The van der Waals surface area contributed by atoms with Crippen LogP contribution in [0.25, 0.3) is 10.9 Å². The van der Waals surface area contributed by atoms with Crippen LogP contribution in [0.2, 0.25) is 0 Å². The van der Waals surface area contributed by atoms with E-state index < -0.39 is 0 Å². The molecule has 3 rings (SSSR count). The third-order valence-corrected chi connectivity index (χ3v) is 4.52. The van der Waals surface area contributed by atoms with Gasteiger partial charge in [0.25, 0.3) is 0 Å². The molecule has 22 heavy (non-hydrogen) atoms. The quantitative estimate of drug-likeness (QED) is 0.679. The van der Waals surface area contributed by atoms with Gasteiger partial charge in [-0.2, -0.15) is 0 Å². The first kappa shape index (κ1) is 15.1. The summed E-state index contributed by atoms with van der Waals surface area (Å²) in [5.41, 5.74) is 0.910. The second-order valence-electron chi connectivity index (χ2n) is 5.78. The number of carbonyl (C=O) groups is 1. The minimum absolute atomic E-state index is 0.0680. The van der Waals surface area contributed by atoms with Gasteiger partial charge in [-0.15, -0.1) is 0 Å². The number of nitrogens with one attached hydrogen (secondary N) is 1. The number of amides is 1. The zero-order chi connectivity index (χ0) is 15.7. The number of fused-ring (bicyclic) bond motifs is 1. The molecule has 1 aliphatic rings. The molecular formula is C16H20N4OS. The molecule has 1 heterocycles. The molecule has 1 aromatic carbocycles. The zero-order valence-electron chi connectivity index (χ0n) is 13.0. The lowest BCUT2D eigenvalue weighted by atomic mass is 10.2. The van der Waals surface area contributed by atoms with Crippen LogP contribution in [0.3, 0.4) is 0 Å². The summed E-state index contributed by atoms with van der Waals surface area (Å²) in [6, 6.07) is 8.51. The summed E-state index contributed by atoms with van der Waals surface area (Å²) in [5.74, 6) is 0.943. The molecule has 1 amide bonds. The van der Waals surface area contributed by atoms with Crippen LogP contribution in [0.5, 0.6) is 0 Å². The molecule has 0 bridgehead atoms. The summed E-state index contributed by atoms with van der Waals surface area (Å²) in [5, 5.41) is 4.94. The van der Waals surface area contributed by atoms with Crippen molar-refractivity contribution in [1.29, 1.82) is 0 Å². The van der Waals surface area contributed by atoms with Crippen molar-refractivity contribution >= 4 is 34.4 Å². The smallest absolute Gasteiger partial charge is 0.235 e. The van der Waals surface area contributed by atoms with E-state index in [4.69, 9.17) is 0 Å². The number of thioether (sulfide) groups is 1. The Bertz CT molecular complexity index is 700. The molecule has 1 fully saturated rings. The predicted molar refractivity (Wildman–Crippen MR) is 90.2 cm³/mol. The standard InChI is InChI=1S/C16H20N4OS/c1-10(15(21)20(2)3)22-16-18-13-7-5-4-6-12(13)14(19-16)17-11-8-9-11/h4-7,10-11H,8-9H2,1-3H3,(H,17,18,19). The molecule has 0 radical (unpaired) electrons. The highest BCUT2D eigenvalue weighted by Gasteiger charge is 2.23. The van der Waals surface area contributed by atoms with E-state index in [0.717, 1.165) is 16.7 Å². The molecule has 5 nitrogen and oxygen atoms in total. The fraction of sp³-hybridized carbons (Fsp3) is 0.438. The fourth-order valence-corrected chi connectivity index (χ4v) is 3.13. The third kappa shape index (κ3) is 3.32. The van der Waals surface area contributed by atoms with E-state index in [1.165, 1.54) is 24.6 Å². The highest BCUT2D eigenvalue weighted by atomic mass is 32.2. The topological polar surface area (TPSA) is 58.1 Å². The third-order valence-electron chi connectivity index (χ3n) is 3.57.